The number of nitrogens with zero attached hydrogens (tertiary/aromatic N) is 6. The summed E-state index contributed by atoms with van der Waals surface area (Å²) >= 11 is 0.764. The molecule has 6 aromatic rings. The van der Waals surface area contributed by atoms with E-state index in [4.69, 9.17) is 17.2 Å². The van der Waals surface area contributed by atoms with Crippen LogP contribution >= 0.6 is 11.8 Å². The van der Waals surface area contributed by atoms with Crippen molar-refractivity contribution >= 4 is 140 Å². The number of primary amides is 2. The number of hydrogen-bond acceptors (Lipinski definition) is 24. The van der Waals surface area contributed by atoms with E-state index in [9.17, 15) is 63.6 Å². The summed E-state index contributed by atoms with van der Waals surface area (Å²) in [4.78, 5) is 281. The second-order valence-electron chi connectivity index (χ2n) is 34.0. The van der Waals surface area contributed by atoms with Gasteiger partial charge in [-0.15, -0.1) is 11.8 Å². The van der Waals surface area contributed by atoms with Crippen LogP contribution in [0.25, 0.3) is 21.8 Å². The predicted octanol–water partition coefficient (Wildman–Crippen LogP) is -3.24. The van der Waals surface area contributed by atoms with Crippen LogP contribution in [0.15, 0.2) is 97.7 Å². The zero-order valence-electron chi connectivity index (χ0n) is 76.2. The molecule has 0 spiro atoms. The molecule has 3 aliphatic heterocycles. The third kappa shape index (κ3) is 29.2. The van der Waals surface area contributed by atoms with E-state index in [0.29, 0.717) is 64.2 Å². The van der Waals surface area contributed by atoms with Crippen LogP contribution in [-0.4, -0.2) is 327 Å². The molecule has 3 aromatic heterocycles. The molecule has 23 N–H and O–H groups in total. The topological polar surface area (TPSA) is 663 Å². The fourth-order valence-corrected chi connectivity index (χ4v) is 17.5. The number of rotatable bonds is 27. The Morgan fingerprint density at radius 1 is 0.526 bits per heavy atom. The molecule has 15 atom stereocenters. The Morgan fingerprint density at radius 2 is 1.04 bits per heavy atom. The van der Waals surface area contributed by atoms with Crippen molar-refractivity contribution in [2.45, 2.75) is 233 Å². The first-order valence-electron chi connectivity index (χ1n) is 45.1. The van der Waals surface area contributed by atoms with E-state index in [0.717, 1.165) is 36.3 Å². The van der Waals surface area contributed by atoms with Gasteiger partial charge in [-0.3, -0.25) is 86.3 Å². The molecule has 0 saturated carbocycles. The summed E-state index contributed by atoms with van der Waals surface area (Å²) in [5.74, 6) is -18.8. The number of aliphatic carboxylic acids is 1. The van der Waals surface area contributed by atoms with Crippen molar-refractivity contribution in [2.75, 3.05) is 65.4 Å². The maximum atomic E-state index is 15.8. The number of carbonyl (C=O) groups is 18. The Labute approximate surface area is 782 Å². The average molecular weight is 1900 g/mol. The number of carboxylic acid groups (broad SMARTS) is 1. The Hall–Kier alpha value is -13.6. The minimum Gasteiger partial charge on any atom is -0.508 e. The van der Waals surface area contributed by atoms with Gasteiger partial charge in [0.15, 0.2) is 0 Å². The van der Waals surface area contributed by atoms with Crippen LogP contribution in [0.1, 0.15) is 139 Å². The molecule has 17 amide bonds. The van der Waals surface area contributed by atoms with Crippen LogP contribution in [0, 0.1) is 0 Å². The normalized spacial score (nSPS) is 24.7. The number of phenols is 1. The summed E-state index contributed by atoms with van der Waals surface area (Å²) < 4.78 is 0. The highest BCUT2D eigenvalue weighted by Crippen LogP contribution is 2.28. The van der Waals surface area contributed by atoms with E-state index in [1.54, 1.807) is 60.9 Å². The second kappa shape index (κ2) is 50.5. The van der Waals surface area contributed by atoms with Crippen LogP contribution in [0.2, 0.25) is 0 Å². The predicted molar refractivity (Wildman–Crippen MR) is 491 cm³/mol. The van der Waals surface area contributed by atoms with Gasteiger partial charge in [0.2, 0.25) is 100 Å². The molecule has 732 valence electrons. The molecule has 0 unspecified atom stereocenters. The van der Waals surface area contributed by atoms with Crippen molar-refractivity contribution < 1.29 is 107 Å². The van der Waals surface area contributed by atoms with E-state index in [2.05, 4.69) is 73.1 Å². The number of fused-ring (bicyclic) bond motifs is 4. The quantitative estimate of drug-likeness (QED) is 0.0241. The summed E-state index contributed by atoms with van der Waals surface area (Å²) in [7, 11) is 3.90. The van der Waals surface area contributed by atoms with E-state index in [1.807, 2.05) is 13.8 Å². The molecule has 44 nitrogen and oxygen atoms in total. The molecule has 0 radical (unpaired) electrons. The highest BCUT2D eigenvalue weighted by atomic mass is 32.2. The highest BCUT2D eigenvalue weighted by Gasteiger charge is 2.47. The number of aliphatic hydroxyl groups is 2. The number of likely N-dealkylation sites (N-methyl/N-ethyl adjacent to an activating group) is 3. The summed E-state index contributed by atoms with van der Waals surface area (Å²) in [5.41, 5.74) is 19.9. The molecule has 3 fully saturated rings. The molecule has 135 heavy (non-hydrogen) atoms. The Balaban J connectivity index is 1.10. The number of amides is 17. The minimum atomic E-state index is -1.84. The first-order valence-corrected chi connectivity index (χ1v) is 46.2. The summed E-state index contributed by atoms with van der Waals surface area (Å²) in [5, 5.41) is 70.0. The molecule has 3 aliphatic rings. The number of benzene rings is 3. The van der Waals surface area contributed by atoms with Crippen molar-refractivity contribution in [1.82, 2.24) is 97.6 Å². The average Bonchev–Trinajstić information content (AvgIpc) is 1.79. The zero-order chi connectivity index (χ0) is 98.4. The van der Waals surface area contributed by atoms with E-state index >= 15 is 43.2 Å². The van der Waals surface area contributed by atoms with Gasteiger partial charge < -0.3 is 130 Å². The number of unbranched alkanes of at least 4 members (excludes halogenated alkanes) is 2. The van der Waals surface area contributed by atoms with E-state index < -0.39 is 273 Å². The van der Waals surface area contributed by atoms with E-state index in [1.165, 1.54) is 64.9 Å². The number of nitrogens with two attached hydrogens (primary N) is 3. The highest BCUT2D eigenvalue weighted by molar-refractivity contribution is 8.00. The van der Waals surface area contributed by atoms with Crippen LogP contribution in [0.4, 0.5) is 0 Å². The number of imidazole rings is 1. The number of aromatic nitrogens is 4. The Kier molecular flexibility index (Phi) is 39.3. The molecule has 3 saturated heterocycles. The van der Waals surface area contributed by atoms with Crippen LogP contribution in [0.3, 0.4) is 0 Å². The third-order valence-electron chi connectivity index (χ3n) is 24.2. The molecule has 0 bridgehead atoms. The maximum absolute atomic E-state index is 15.8. The molecule has 3 aromatic carbocycles. The number of carboxylic acids is 1. The van der Waals surface area contributed by atoms with Gasteiger partial charge in [0.05, 0.1) is 24.7 Å². The molecule has 0 aliphatic carbocycles. The van der Waals surface area contributed by atoms with Crippen LogP contribution in [-0.2, 0) is 112 Å². The number of aliphatic hydroxyl groups excluding tert-OH is 2. The maximum Gasteiger partial charge on any atom is 0.303 e. The number of hydrogen-bond donors (Lipinski definition) is 20. The summed E-state index contributed by atoms with van der Waals surface area (Å²) in [6, 6.07) is -2.63. The van der Waals surface area contributed by atoms with Crippen molar-refractivity contribution in [3.8, 4) is 5.75 Å². The SMILES string of the molecule is CCCC[C@H]1C(=O)N(C)[C@@H](CCCC)C(=O)N[C@@H](CCN)C(=O)N[C@H](C(=O)NCC(N)=O)CSCC(=O)N[C@@H](Cc2ccc(O)cc2)C(=O)N(C)[C@@H](C)C(=O)N[C@@H](CCC(N)=O)C(=O)N2CCC[C@H]2C(=O)N[C@@H](Cc2cnc[nH]2)C(=O)N[C@@H](CCC(=O)O)C(=O)N2C[C@H](O)C[C@H]2C(=O)N[C@@H](Cc2c[nH]c3ccccc23)C(=O)N[C@@H](CCO)C(=O)N[C@@H](Cc2c[nH]c3ccccc23)C(=O)N1C. The van der Waals surface area contributed by atoms with E-state index in [-0.39, 0.29) is 75.9 Å². The number of carbonyl (C=O) groups excluding carboxylic acids is 17. The fourth-order valence-electron chi connectivity index (χ4n) is 16.6. The van der Waals surface area contributed by atoms with Crippen molar-refractivity contribution in [3.05, 3.63) is 120 Å². The first kappa shape index (κ1) is 105. The Bertz CT molecular complexity index is 5210. The lowest BCUT2D eigenvalue weighted by Crippen LogP contribution is -2.61. The van der Waals surface area contributed by atoms with Gasteiger partial charge in [0, 0.05) is 138 Å². The van der Waals surface area contributed by atoms with Crippen molar-refractivity contribution in [3.63, 3.8) is 0 Å². The van der Waals surface area contributed by atoms with Gasteiger partial charge in [0.1, 0.15) is 90.3 Å². The van der Waals surface area contributed by atoms with Gasteiger partial charge in [-0.05, 0) is 106 Å². The number of phenolic OH excluding ortho intramolecular Hbond substituents is 1. The van der Waals surface area contributed by atoms with Gasteiger partial charge in [-0.2, -0.15) is 0 Å². The van der Waals surface area contributed by atoms with Gasteiger partial charge in [0.25, 0.3) is 0 Å². The lowest BCUT2D eigenvalue weighted by atomic mass is 9.99. The van der Waals surface area contributed by atoms with Gasteiger partial charge >= 0.3 is 5.97 Å². The molecular formula is C90H124N22O22S. The number of aromatic amines is 3. The van der Waals surface area contributed by atoms with Crippen molar-refractivity contribution in [1.29, 1.82) is 0 Å². The van der Waals surface area contributed by atoms with Crippen molar-refractivity contribution in [2.24, 2.45) is 17.2 Å². The molecule has 9 rings (SSSR count). The fraction of sp³-hybridized carbons (Fsp3) is 0.522. The zero-order valence-corrected chi connectivity index (χ0v) is 77.1. The summed E-state index contributed by atoms with van der Waals surface area (Å²) in [6.45, 7) is 2.52. The number of thioether (sulfide) groups is 1. The number of para-hydroxylation sites is 2. The standard InChI is InChI=1S/C90H124N22O22S/c1-7-9-20-69-83(127)101-60(31-33-91)79(123)107-68(78(122)97-44-74(93)117)46-135-47-75(118)99-66(36-50-23-25-54(114)26-24-50)86(130)108(4)49(3)77(121)102-62(27-29-73(92)116)88(132)111-34-15-22-70(111)84(128)105-65(39-53-43-94-48-98-53)82(126)103-63(28-30-76(119)120)89(133)112-45-55(115)40-72(112)85(129)104-64(37-51-41-95-58-18-13-11-16-56(51)58)81(125)100-61(32-35-113)80(124)106-67(38-52-42-96-59-19-14-12-17-57(52)59)87(131)110(6)71(21-10-8-2)90(134)109(69)5/h11-14,16-19,23-26,41-43,48-49,55,60-72,95-96,113-115H,7-10,15,20-22,27-40,44-47,91H2,1-6H3,(H2,92,116)(H2,93,117)(H,94,98)(H,97,122)(H,99,118)(H,100,125)(H,101,127)(H,102,121)(H,103,126)(H,104,129)(H,105,128)(H,106,124)(H,107,123)(H,119,120)/t49-,55+,60-,61-,62-,63-,64-,65-,66-,67-,68-,69-,70-,71-,72-/m0/s1. The molecule has 45 heteroatoms. The third-order valence-corrected chi connectivity index (χ3v) is 25.3. The lowest BCUT2D eigenvalue weighted by molar-refractivity contribution is -0.149. The molecular weight excluding hydrogens is 1770 g/mol. The number of aromatic hydroxyl groups is 1. The Morgan fingerprint density at radius 3 is 1.64 bits per heavy atom. The van der Waals surface area contributed by atoms with Gasteiger partial charge in [-0.25, -0.2) is 4.98 Å². The number of nitrogens with one attached hydrogen (secondary N) is 13. The minimum absolute atomic E-state index is 0.00763. The lowest BCUT2D eigenvalue weighted by Gasteiger charge is -2.36. The smallest absolute Gasteiger partial charge is 0.303 e. The second-order valence-corrected chi connectivity index (χ2v) is 35.1. The monoisotopic (exact) mass is 1900 g/mol. The van der Waals surface area contributed by atoms with Crippen LogP contribution in [0.5, 0.6) is 5.75 Å². The van der Waals surface area contributed by atoms with Crippen LogP contribution < -0.4 is 70.4 Å². The summed E-state index contributed by atoms with van der Waals surface area (Å²) in [6.07, 6.45) is 1.11. The molecule has 6 heterocycles. The largest absolute Gasteiger partial charge is 0.508 e. The first-order chi connectivity index (χ1) is 64.4. The number of H-pyrrole nitrogens is 3. The van der Waals surface area contributed by atoms with Gasteiger partial charge in [-0.1, -0.05) is 88.1 Å².